The zero-order valence-corrected chi connectivity index (χ0v) is 9.69. The average Bonchev–Trinajstić information content (AvgIpc) is 2.30. The van der Waals surface area contributed by atoms with Crippen molar-refractivity contribution >= 4 is 5.97 Å². The molecule has 0 spiro atoms. The van der Waals surface area contributed by atoms with Crippen molar-refractivity contribution in [1.82, 2.24) is 0 Å². The van der Waals surface area contributed by atoms with E-state index in [1.807, 2.05) is 32.1 Å². The highest BCUT2D eigenvalue weighted by atomic mass is 16.5. The molecule has 3 nitrogen and oxygen atoms in total. The zero-order chi connectivity index (χ0) is 11.7. The average molecular weight is 212 g/mol. The number of ether oxygens (including phenoxy) is 1. The van der Waals surface area contributed by atoms with Crippen molar-refractivity contribution in [2.75, 3.05) is 6.61 Å². The van der Waals surface area contributed by atoms with Crippen molar-refractivity contribution in [2.45, 2.75) is 39.7 Å². The number of hydrogen-bond donors (Lipinski definition) is 1. The van der Waals surface area contributed by atoms with Crippen LogP contribution in [0.15, 0.2) is 23.8 Å². The molecule has 1 atom stereocenters. The summed E-state index contributed by atoms with van der Waals surface area (Å²) in [7, 11) is 0. The molecule has 0 fully saturated rings. The highest BCUT2D eigenvalue weighted by Gasteiger charge is 2.10. The lowest BCUT2D eigenvalue weighted by atomic mass is 10.1. The number of esters is 1. The third-order valence-corrected chi connectivity index (χ3v) is 1.79. The first-order chi connectivity index (χ1) is 7.20. The van der Waals surface area contributed by atoms with Gasteiger partial charge in [0.05, 0.1) is 0 Å². The molecule has 1 aliphatic rings. The lowest BCUT2D eigenvalue weighted by Crippen LogP contribution is -2.20. The van der Waals surface area contributed by atoms with Gasteiger partial charge in [0.1, 0.15) is 12.7 Å². The van der Waals surface area contributed by atoms with E-state index in [1.54, 1.807) is 0 Å². The molecule has 3 heteroatoms. The predicted octanol–water partition coefficient (Wildman–Crippen LogP) is 2.21. The van der Waals surface area contributed by atoms with Crippen molar-refractivity contribution in [2.24, 2.45) is 0 Å². The van der Waals surface area contributed by atoms with Gasteiger partial charge in [-0.1, -0.05) is 32.1 Å². The maximum atomic E-state index is 10.9. The second kappa shape index (κ2) is 8.24. The zero-order valence-electron chi connectivity index (χ0n) is 9.69. The Bertz CT molecular complexity index is 239. The highest BCUT2D eigenvalue weighted by molar-refractivity contribution is 5.74. The van der Waals surface area contributed by atoms with Gasteiger partial charge in [0.25, 0.3) is 0 Å². The van der Waals surface area contributed by atoms with Crippen LogP contribution in [0.25, 0.3) is 0 Å². The number of rotatable bonds is 3. The molecule has 0 heterocycles. The first-order valence-corrected chi connectivity index (χ1v) is 5.40. The Kier molecular flexibility index (Phi) is 7.64. The summed E-state index contributed by atoms with van der Waals surface area (Å²) < 4.78 is 4.83. The molecule has 86 valence electrons. The van der Waals surface area contributed by atoms with Gasteiger partial charge in [0.2, 0.25) is 0 Å². The van der Waals surface area contributed by atoms with E-state index in [2.05, 4.69) is 0 Å². The van der Waals surface area contributed by atoms with Crippen LogP contribution in [-0.4, -0.2) is 23.8 Å². The second-order valence-electron chi connectivity index (χ2n) is 3.04. The van der Waals surface area contributed by atoms with E-state index in [4.69, 9.17) is 9.84 Å². The molecule has 1 rings (SSSR count). The third kappa shape index (κ3) is 6.07. The van der Waals surface area contributed by atoms with Gasteiger partial charge in [-0.2, -0.15) is 0 Å². The van der Waals surface area contributed by atoms with Gasteiger partial charge in [-0.15, -0.1) is 0 Å². The van der Waals surface area contributed by atoms with E-state index in [0.29, 0.717) is 0 Å². The van der Waals surface area contributed by atoms with Gasteiger partial charge in [0, 0.05) is 0 Å². The Balaban J connectivity index is 0.000000921. The molecule has 0 aromatic rings. The second-order valence-corrected chi connectivity index (χ2v) is 3.04. The van der Waals surface area contributed by atoms with Gasteiger partial charge in [0.15, 0.2) is 0 Å². The van der Waals surface area contributed by atoms with Crippen LogP contribution in [0.5, 0.6) is 0 Å². The molecule has 0 saturated heterocycles. The Morgan fingerprint density at radius 2 is 2.20 bits per heavy atom. The van der Waals surface area contributed by atoms with Crippen LogP contribution >= 0.6 is 0 Å². The topological polar surface area (TPSA) is 46.5 Å². The lowest BCUT2D eigenvalue weighted by Gasteiger charge is -2.09. The number of aliphatic hydroxyl groups excluding tert-OH is 1. The lowest BCUT2D eigenvalue weighted by molar-refractivity contribution is -0.151. The fraction of sp³-hybridized carbons (Fsp3) is 0.583. The van der Waals surface area contributed by atoms with Crippen LogP contribution in [0.2, 0.25) is 0 Å². The summed E-state index contributed by atoms with van der Waals surface area (Å²) in [5.41, 5.74) is 1.00. The quantitative estimate of drug-likeness (QED) is 0.730. The van der Waals surface area contributed by atoms with E-state index in [-0.39, 0.29) is 6.61 Å². The SMILES string of the molecule is CC.CC(O)C(=O)OCC1=CCCC=C1. The summed E-state index contributed by atoms with van der Waals surface area (Å²) in [5.74, 6) is -0.570. The number of hydrogen-bond acceptors (Lipinski definition) is 3. The summed E-state index contributed by atoms with van der Waals surface area (Å²) in [6.07, 6.45) is 7.04. The maximum Gasteiger partial charge on any atom is 0.334 e. The minimum atomic E-state index is -1.03. The van der Waals surface area contributed by atoms with Crippen LogP contribution in [-0.2, 0) is 9.53 Å². The Morgan fingerprint density at radius 3 is 2.67 bits per heavy atom. The normalized spacial score (nSPS) is 15.9. The first kappa shape index (κ1) is 13.9. The summed E-state index contributed by atoms with van der Waals surface area (Å²) >= 11 is 0. The molecule has 1 unspecified atom stereocenters. The molecule has 0 radical (unpaired) electrons. The molecular formula is C12H20O3. The number of carbonyl (C=O) groups excluding carboxylic acids is 1. The third-order valence-electron chi connectivity index (χ3n) is 1.79. The fourth-order valence-corrected chi connectivity index (χ4v) is 1.05. The van der Waals surface area contributed by atoms with Crippen LogP contribution in [0.1, 0.15) is 33.6 Å². The molecule has 1 N–H and O–H groups in total. The number of allylic oxidation sites excluding steroid dienone is 2. The van der Waals surface area contributed by atoms with E-state index < -0.39 is 12.1 Å². The van der Waals surface area contributed by atoms with Gasteiger partial charge >= 0.3 is 5.97 Å². The van der Waals surface area contributed by atoms with Crippen molar-refractivity contribution in [3.63, 3.8) is 0 Å². The molecule has 0 aliphatic heterocycles. The number of aliphatic hydroxyl groups is 1. The Labute approximate surface area is 91.4 Å². The molecular weight excluding hydrogens is 192 g/mol. The molecule has 1 aliphatic carbocycles. The minimum Gasteiger partial charge on any atom is -0.459 e. The van der Waals surface area contributed by atoms with E-state index >= 15 is 0 Å². The molecule has 0 aromatic carbocycles. The van der Waals surface area contributed by atoms with E-state index in [0.717, 1.165) is 18.4 Å². The smallest absolute Gasteiger partial charge is 0.334 e. The van der Waals surface area contributed by atoms with Crippen molar-refractivity contribution in [3.8, 4) is 0 Å². The summed E-state index contributed by atoms with van der Waals surface area (Å²) in [4.78, 5) is 10.9. The molecule has 15 heavy (non-hydrogen) atoms. The molecule has 0 aromatic heterocycles. The molecule has 0 bridgehead atoms. The van der Waals surface area contributed by atoms with Crippen molar-refractivity contribution < 1.29 is 14.6 Å². The molecule has 0 saturated carbocycles. The van der Waals surface area contributed by atoms with Gasteiger partial charge in [-0.3, -0.25) is 0 Å². The van der Waals surface area contributed by atoms with Crippen LogP contribution < -0.4 is 0 Å². The predicted molar refractivity (Wildman–Crippen MR) is 60.4 cm³/mol. The Morgan fingerprint density at radius 1 is 1.53 bits per heavy atom. The van der Waals surface area contributed by atoms with Crippen molar-refractivity contribution in [3.05, 3.63) is 23.8 Å². The van der Waals surface area contributed by atoms with Gasteiger partial charge in [-0.05, 0) is 25.3 Å². The summed E-state index contributed by atoms with van der Waals surface area (Å²) in [6.45, 7) is 5.66. The highest BCUT2D eigenvalue weighted by Crippen LogP contribution is 2.09. The fourth-order valence-electron chi connectivity index (χ4n) is 1.05. The largest absolute Gasteiger partial charge is 0.459 e. The standard InChI is InChI=1S/C10H14O3.C2H6/c1-8(11)10(12)13-7-9-5-3-2-4-6-9;1-2/h3,5-6,8,11H,2,4,7H2,1H3;1-2H3. The first-order valence-electron chi connectivity index (χ1n) is 5.40. The maximum absolute atomic E-state index is 10.9. The van der Waals surface area contributed by atoms with Crippen LogP contribution in [0, 0.1) is 0 Å². The van der Waals surface area contributed by atoms with Gasteiger partial charge in [-0.25, -0.2) is 4.79 Å². The summed E-state index contributed by atoms with van der Waals surface area (Å²) in [5, 5.41) is 8.84. The van der Waals surface area contributed by atoms with E-state index in [9.17, 15) is 4.79 Å². The minimum absolute atomic E-state index is 0.264. The summed E-state index contributed by atoms with van der Waals surface area (Å²) in [6, 6.07) is 0. The van der Waals surface area contributed by atoms with Crippen molar-refractivity contribution in [1.29, 1.82) is 0 Å². The van der Waals surface area contributed by atoms with Gasteiger partial charge < -0.3 is 9.84 Å². The molecule has 0 amide bonds. The van der Waals surface area contributed by atoms with E-state index in [1.165, 1.54) is 6.92 Å². The monoisotopic (exact) mass is 212 g/mol. The number of carbonyl (C=O) groups is 1. The Hall–Kier alpha value is -1.09. The van der Waals surface area contributed by atoms with Crippen LogP contribution in [0.4, 0.5) is 0 Å². The van der Waals surface area contributed by atoms with Crippen LogP contribution in [0.3, 0.4) is 0 Å².